The van der Waals surface area contributed by atoms with Gasteiger partial charge in [-0.2, -0.15) is 0 Å². The Morgan fingerprint density at radius 3 is 2.93 bits per heavy atom. The van der Waals surface area contributed by atoms with Crippen LogP contribution in [0.1, 0.15) is 5.82 Å². The van der Waals surface area contributed by atoms with Crippen LogP contribution in [0.3, 0.4) is 0 Å². The van der Waals surface area contributed by atoms with Gasteiger partial charge in [0.05, 0.1) is 11.5 Å². The molecule has 0 spiro atoms. The first-order valence-electron chi connectivity index (χ1n) is 4.61. The minimum Gasteiger partial charge on any atom is -0.361 e. The van der Waals surface area contributed by atoms with E-state index in [-0.39, 0.29) is 0 Å². The fourth-order valence-corrected chi connectivity index (χ4v) is 1.48. The van der Waals surface area contributed by atoms with Gasteiger partial charge < -0.3 is 9.38 Å². The number of aryl methyl sites for hydroxylation is 1. The highest BCUT2D eigenvalue weighted by Gasteiger charge is 1.99. The summed E-state index contributed by atoms with van der Waals surface area (Å²) >= 11 is 0. The molecule has 0 aliphatic heterocycles. The molecule has 74 valence electrons. The average Bonchev–Trinajstić information content (AvgIpc) is 2.83. The molecule has 3 heterocycles. The van der Waals surface area contributed by atoms with Crippen molar-refractivity contribution in [2.45, 2.75) is 6.92 Å². The fraction of sp³-hybridized carbons (Fsp3) is 0.100. The topological polar surface area (TPSA) is 57.2 Å². The van der Waals surface area contributed by atoms with Gasteiger partial charge in [0.25, 0.3) is 0 Å². The van der Waals surface area contributed by atoms with Gasteiger partial charge in [-0.25, -0.2) is 5.10 Å². The van der Waals surface area contributed by atoms with Gasteiger partial charge in [0.1, 0.15) is 0 Å². The number of hydrogen-bond acceptors (Lipinski definition) is 3. The Labute approximate surface area is 85.8 Å². The molecule has 3 aromatic rings. The second-order valence-electron chi connectivity index (χ2n) is 3.26. The van der Waals surface area contributed by atoms with Crippen molar-refractivity contribution in [3.05, 3.63) is 36.4 Å². The van der Waals surface area contributed by atoms with Crippen LogP contribution < -0.4 is 4.98 Å². The lowest BCUT2D eigenvalue weighted by atomic mass is 10.3. The predicted octanol–water partition coefficient (Wildman–Crippen LogP) is 1.06. The van der Waals surface area contributed by atoms with Crippen molar-refractivity contribution in [1.29, 1.82) is 0 Å². The van der Waals surface area contributed by atoms with E-state index in [2.05, 4.69) is 20.2 Å². The monoisotopic (exact) mass is 198 g/mol. The minimum atomic E-state index is 0.619. The number of pyridine rings is 1. The molecule has 0 N–H and O–H groups in total. The van der Waals surface area contributed by atoms with Crippen molar-refractivity contribution in [2.75, 3.05) is 0 Å². The summed E-state index contributed by atoms with van der Waals surface area (Å²) in [4.78, 5) is 8.56. The van der Waals surface area contributed by atoms with E-state index in [1.807, 2.05) is 35.7 Å². The molecule has 0 saturated heterocycles. The van der Waals surface area contributed by atoms with E-state index in [9.17, 15) is 0 Å². The summed E-state index contributed by atoms with van der Waals surface area (Å²) in [7, 11) is 0. The Morgan fingerprint density at radius 1 is 1.27 bits per heavy atom. The Hall–Kier alpha value is -2.17. The van der Waals surface area contributed by atoms with E-state index in [0.29, 0.717) is 5.78 Å². The van der Waals surface area contributed by atoms with Crippen molar-refractivity contribution in [1.82, 2.24) is 24.6 Å². The molecule has 0 amide bonds. The standard InChI is InChI=1S/C10H8N5/c1-7-13-14-10-12-9(6-15(7)10)8-4-2-3-5-11-8/h2-6H,1H3/q-1. The van der Waals surface area contributed by atoms with Crippen LogP contribution in [-0.2, 0) is 0 Å². The zero-order valence-corrected chi connectivity index (χ0v) is 8.12. The van der Waals surface area contributed by atoms with Crippen molar-refractivity contribution < 1.29 is 0 Å². The molecule has 0 atom stereocenters. The molecule has 0 saturated carbocycles. The SMILES string of the molecule is Cc1nnc2[n-]c(-c3ccccn3)cn12. The van der Waals surface area contributed by atoms with Crippen LogP contribution in [0.2, 0.25) is 0 Å². The highest BCUT2D eigenvalue weighted by Crippen LogP contribution is 2.14. The number of imidazole rings is 1. The Bertz CT molecular complexity index is 593. The first-order chi connectivity index (χ1) is 7.34. The van der Waals surface area contributed by atoms with Gasteiger partial charge in [-0.3, -0.25) is 10.1 Å². The smallest absolute Gasteiger partial charge is 0.0730 e. The van der Waals surface area contributed by atoms with Crippen LogP contribution in [0, 0.1) is 6.92 Å². The Morgan fingerprint density at radius 2 is 2.20 bits per heavy atom. The van der Waals surface area contributed by atoms with Crippen molar-refractivity contribution in [2.24, 2.45) is 0 Å². The van der Waals surface area contributed by atoms with Gasteiger partial charge in [0.15, 0.2) is 0 Å². The van der Waals surface area contributed by atoms with Crippen LogP contribution >= 0.6 is 0 Å². The summed E-state index contributed by atoms with van der Waals surface area (Å²) in [5, 5.41) is 7.86. The third-order valence-electron chi connectivity index (χ3n) is 2.25. The largest absolute Gasteiger partial charge is 0.361 e. The summed E-state index contributed by atoms with van der Waals surface area (Å²) in [6.45, 7) is 1.89. The number of fused-ring (bicyclic) bond motifs is 1. The molecule has 0 fully saturated rings. The maximum Gasteiger partial charge on any atom is 0.0730 e. The van der Waals surface area contributed by atoms with Crippen LogP contribution in [0.5, 0.6) is 0 Å². The molecule has 0 bridgehead atoms. The molecule has 0 aromatic carbocycles. The molecule has 3 aromatic heterocycles. The van der Waals surface area contributed by atoms with Crippen LogP contribution in [0.25, 0.3) is 17.2 Å². The molecular weight excluding hydrogens is 190 g/mol. The summed E-state index contributed by atoms with van der Waals surface area (Å²) in [5.41, 5.74) is 1.67. The van der Waals surface area contributed by atoms with Crippen LogP contribution in [-0.4, -0.2) is 19.6 Å². The summed E-state index contributed by atoms with van der Waals surface area (Å²) in [6, 6.07) is 5.74. The van der Waals surface area contributed by atoms with Gasteiger partial charge in [-0.05, 0) is 25.3 Å². The number of rotatable bonds is 1. The molecule has 15 heavy (non-hydrogen) atoms. The second-order valence-corrected chi connectivity index (χ2v) is 3.26. The van der Waals surface area contributed by atoms with Gasteiger partial charge in [0, 0.05) is 17.7 Å². The predicted molar refractivity (Wildman–Crippen MR) is 54.3 cm³/mol. The lowest BCUT2D eigenvalue weighted by Gasteiger charge is -1.96. The maximum absolute atomic E-state index is 4.33. The van der Waals surface area contributed by atoms with Crippen molar-refractivity contribution >= 4 is 5.78 Å². The van der Waals surface area contributed by atoms with Crippen LogP contribution in [0.4, 0.5) is 0 Å². The van der Waals surface area contributed by atoms with Crippen molar-refractivity contribution in [3.8, 4) is 11.4 Å². The van der Waals surface area contributed by atoms with E-state index in [4.69, 9.17) is 0 Å². The zero-order valence-electron chi connectivity index (χ0n) is 8.12. The summed E-state index contributed by atoms with van der Waals surface area (Å²) in [5.74, 6) is 1.45. The highest BCUT2D eigenvalue weighted by molar-refractivity contribution is 5.56. The van der Waals surface area contributed by atoms with Gasteiger partial charge in [-0.1, -0.05) is 6.07 Å². The Balaban J connectivity index is 2.20. The molecule has 0 aliphatic rings. The Kier molecular flexibility index (Phi) is 1.58. The van der Waals surface area contributed by atoms with E-state index in [0.717, 1.165) is 17.2 Å². The summed E-state index contributed by atoms with van der Waals surface area (Å²) in [6.07, 6.45) is 3.64. The average molecular weight is 198 g/mol. The van der Waals surface area contributed by atoms with E-state index < -0.39 is 0 Å². The summed E-state index contributed by atoms with van der Waals surface area (Å²) < 4.78 is 1.85. The second kappa shape index (κ2) is 2.91. The molecular formula is C10H8N5-. The first-order valence-corrected chi connectivity index (χ1v) is 4.61. The molecule has 0 aliphatic carbocycles. The molecule has 3 rings (SSSR count). The minimum absolute atomic E-state index is 0.619. The van der Waals surface area contributed by atoms with E-state index >= 15 is 0 Å². The maximum atomic E-state index is 4.33. The number of nitrogens with zero attached hydrogens (tertiary/aromatic N) is 5. The van der Waals surface area contributed by atoms with E-state index in [1.54, 1.807) is 6.20 Å². The third-order valence-corrected chi connectivity index (χ3v) is 2.25. The zero-order chi connectivity index (χ0) is 10.3. The van der Waals surface area contributed by atoms with Gasteiger partial charge in [0.2, 0.25) is 0 Å². The number of hydrogen-bond donors (Lipinski definition) is 0. The quantitative estimate of drug-likeness (QED) is 0.586. The van der Waals surface area contributed by atoms with E-state index in [1.165, 1.54) is 0 Å². The van der Waals surface area contributed by atoms with Crippen LogP contribution in [0.15, 0.2) is 30.6 Å². The lowest BCUT2D eigenvalue weighted by molar-refractivity contribution is 1.01. The molecule has 0 unspecified atom stereocenters. The molecule has 5 heteroatoms. The number of aromatic nitrogens is 5. The van der Waals surface area contributed by atoms with Gasteiger partial charge >= 0.3 is 0 Å². The molecule has 0 radical (unpaired) electrons. The third kappa shape index (κ3) is 1.20. The van der Waals surface area contributed by atoms with Crippen molar-refractivity contribution in [3.63, 3.8) is 0 Å². The highest BCUT2D eigenvalue weighted by atomic mass is 15.3. The molecule has 5 nitrogen and oxygen atoms in total. The first kappa shape index (κ1) is 8.16. The van der Waals surface area contributed by atoms with Gasteiger partial charge in [-0.15, -0.1) is 0 Å². The fourth-order valence-electron chi connectivity index (χ4n) is 1.48. The lowest BCUT2D eigenvalue weighted by Crippen LogP contribution is -1.84. The normalized spacial score (nSPS) is 11.0.